The van der Waals surface area contributed by atoms with Gasteiger partial charge in [-0.2, -0.15) is 0 Å². The zero-order chi connectivity index (χ0) is 24.3. The molecular formula is C26H27FN4O4. The number of halogens is 1. The number of hydrogen-bond donors (Lipinski definition) is 2. The summed E-state index contributed by atoms with van der Waals surface area (Å²) in [6.07, 6.45) is 8.37. The average Bonchev–Trinajstić information content (AvgIpc) is 3.50. The normalized spacial score (nSPS) is 20.5. The maximum absolute atomic E-state index is 15.9. The Morgan fingerprint density at radius 1 is 1.31 bits per heavy atom. The van der Waals surface area contributed by atoms with Gasteiger partial charge in [-0.05, 0) is 43.7 Å². The molecule has 9 heteroatoms. The van der Waals surface area contributed by atoms with E-state index in [-0.39, 0.29) is 28.4 Å². The predicted molar refractivity (Wildman–Crippen MR) is 130 cm³/mol. The first-order valence-corrected chi connectivity index (χ1v) is 12.1. The summed E-state index contributed by atoms with van der Waals surface area (Å²) >= 11 is 0. The third kappa shape index (κ3) is 3.28. The summed E-state index contributed by atoms with van der Waals surface area (Å²) in [6.45, 7) is 1.54. The van der Waals surface area contributed by atoms with Gasteiger partial charge in [0.1, 0.15) is 17.9 Å². The highest BCUT2D eigenvalue weighted by Crippen LogP contribution is 2.50. The molecule has 182 valence electrons. The summed E-state index contributed by atoms with van der Waals surface area (Å²) in [6, 6.07) is 5.83. The van der Waals surface area contributed by atoms with Crippen molar-refractivity contribution in [3.63, 3.8) is 0 Å². The Morgan fingerprint density at radius 3 is 2.83 bits per heavy atom. The van der Waals surface area contributed by atoms with E-state index in [9.17, 15) is 14.7 Å². The summed E-state index contributed by atoms with van der Waals surface area (Å²) in [5.41, 5.74) is 5.97. The number of aromatic carboxylic acids is 1. The fourth-order valence-electron chi connectivity index (χ4n) is 6.19. The first kappa shape index (κ1) is 21.9. The van der Waals surface area contributed by atoms with E-state index < -0.39 is 28.3 Å². The van der Waals surface area contributed by atoms with Crippen LogP contribution in [0.1, 0.15) is 48.2 Å². The number of anilines is 2. The van der Waals surface area contributed by atoms with Crippen LogP contribution in [0.5, 0.6) is 5.75 Å². The summed E-state index contributed by atoms with van der Waals surface area (Å²) in [4.78, 5) is 31.4. The highest BCUT2D eigenvalue weighted by molar-refractivity contribution is 6.03. The van der Waals surface area contributed by atoms with Crippen LogP contribution < -0.4 is 20.8 Å². The van der Waals surface area contributed by atoms with Gasteiger partial charge in [0.05, 0.1) is 22.1 Å². The largest absolute Gasteiger partial charge is 0.487 e. The Morgan fingerprint density at radius 2 is 2.11 bits per heavy atom. The van der Waals surface area contributed by atoms with Crippen LogP contribution in [-0.2, 0) is 12.0 Å². The summed E-state index contributed by atoms with van der Waals surface area (Å²) in [7, 11) is 0. The highest BCUT2D eigenvalue weighted by atomic mass is 19.1. The Hall–Kier alpha value is -3.62. The van der Waals surface area contributed by atoms with Gasteiger partial charge in [-0.25, -0.2) is 9.18 Å². The zero-order valence-electron chi connectivity index (χ0n) is 19.3. The van der Waals surface area contributed by atoms with E-state index in [1.54, 1.807) is 6.20 Å². The monoisotopic (exact) mass is 478 g/mol. The van der Waals surface area contributed by atoms with Crippen LogP contribution in [0.2, 0.25) is 0 Å². The lowest BCUT2D eigenvalue weighted by atomic mass is 9.93. The number of rotatable bonds is 4. The molecule has 1 unspecified atom stereocenters. The second-order valence-corrected chi connectivity index (χ2v) is 10.0. The van der Waals surface area contributed by atoms with E-state index in [2.05, 4.69) is 4.98 Å². The Kier molecular flexibility index (Phi) is 4.98. The second kappa shape index (κ2) is 7.96. The van der Waals surface area contributed by atoms with E-state index in [4.69, 9.17) is 10.5 Å². The van der Waals surface area contributed by atoms with E-state index in [1.165, 1.54) is 6.20 Å². The van der Waals surface area contributed by atoms with E-state index in [1.807, 2.05) is 27.7 Å². The molecule has 2 fully saturated rings. The number of aromatic nitrogens is 2. The first-order chi connectivity index (χ1) is 16.9. The van der Waals surface area contributed by atoms with Crippen LogP contribution in [0.15, 0.2) is 35.4 Å². The molecule has 3 aromatic rings. The molecule has 3 N–H and O–H groups in total. The van der Waals surface area contributed by atoms with Crippen molar-refractivity contribution in [3.05, 3.63) is 57.9 Å². The van der Waals surface area contributed by atoms with Crippen molar-refractivity contribution >= 4 is 28.2 Å². The minimum atomic E-state index is -1.34. The van der Waals surface area contributed by atoms with Crippen LogP contribution in [0, 0.1) is 11.7 Å². The van der Waals surface area contributed by atoms with Crippen molar-refractivity contribution in [3.8, 4) is 5.75 Å². The van der Waals surface area contributed by atoms with Crippen molar-refractivity contribution in [2.24, 2.45) is 5.92 Å². The molecule has 2 aromatic heterocycles. The van der Waals surface area contributed by atoms with Crippen molar-refractivity contribution in [2.75, 3.05) is 30.3 Å². The lowest BCUT2D eigenvalue weighted by Crippen LogP contribution is -2.42. The van der Waals surface area contributed by atoms with Crippen molar-refractivity contribution in [2.45, 2.75) is 44.1 Å². The molecule has 2 aliphatic heterocycles. The zero-order valence-corrected chi connectivity index (χ0v) is 19.3. The number of carboxylic acid groups (broad SMARTS) is 1. The molecule has 1 saturated heterocycles. The van der Waals surface area contributed by atoms with E-state index >= 15 is 4.39 Å². The quantitative estimate of drug-likeness (QED) is 0.552. The van der Waals surface area contributed by atoms with Crippen LogP contribution in [0.25, 0.3) is 10.9 Å². The minimum absolute atomic E-state index is 0.101. The fourth-order valence-corrected chi connectivity index (χ4v) is 6.19. The molecule has 1 saturated carbocycles. The molecule has 1 spiro atoms. The van der Waals surface area contributed by atoms with Crippen molar-refractivity contribution < 1.29 is 19.0 Å². The lowest BCUT2D eigenvalue weighted by Gasteiger charge is -2.40. The second-order valence-electron chi connectivity index (χ2n) is 10.0. The predicted octanol–water partition coefficient (Wildman–Crippen LogP) is 3.55. The SMILES string of the molecule is Nc1c(F)c(N2CCC(Cc3ccccn3)C2)c2c3c1c(=O)c(C(=O)O)cn3C1(CCCC1)CO2. The van der Waals surface area contributed by atoms with Gasteiger partial charge < -0.3 is 25.0 Å². The van der Waals surface area contributed by atoms with Crippen molar-refractivity contribution in [1.82, 2.24) is 9.55 Å². The maximum Gasteiger partial charge on any atom is 0.341 e. The molecule has 8 nitrogen and oxygen atoms in total. The van der Waals surface area contributed by atoms with Gasteiger partial charge in [0.25, 0.3) is 0 Å². The number of carbonyl (C=O) groups is 1. The maximum atomic E-state index is 15.9. The Balaban J connectivity index is 1.51. The van der Waals surface area contributed by atoms with Gasteiger partial charge in [0.15, 0.2) is 11.6 Å². The highest BCUT2D eigenvalue weighted by Gasteiger charge is 2.44. The van der Waals surface area contributed by atoms with Crippen LogP contribution in [-0.4, -0.2) is 40.3 Å². The third-order valence-corrected chi connectivity index (χ3v) is 7.94. The molecule has 1 aromatic carbocycles. The molecule has 3 aliphatic rings. The number of ether oxygens (including phenoxy) is 1. The topological polar surface area (TPSA) is 111 Å². The number of carboxylic acids is 1. The van der Waals surface area contributed by atoms with Crippen LogP contribution >= 0.6 is 0 Å². The Labute approximate surface area is 201 Å². The summed E-state index contributed by atoms with van der Waals surface area (Å²) < 4.78 is 24.0. The average molecular weight is 479 g/mol. The molecule has 1 aliphatic carbocycles. The molecule has 4 heterocycles. The summed E-state index contributed by atoms with van der Waals surface area (Å²) in [5.74, 6) is -1.49. The fraction of sp³-hybridized carbons (Fsp3) is 0.423. The smallest absolute Gasteiger partial charge is 0.341 e. The summed E-state index contributed by atoms with van der Waals surface area (Å²) in [5, 5.41) is 9.61. The van der Waals surface area contributed by atoms with Gasteiger partial charge in [-0.1, -0.05) is 18.9 Å². The number of nitrogens with zero attached hydrogens (tertiary/aromatic N) is 3. The molecular weight excluding hydrogens is 451 g/mol. The number of nitrogens with two attached hydrogens (primary N) is 1. The molecule has 0 bridgehead atoms. The van der Waals surface area contributed by atoms with Gasteiger partial charge in [-0.3, -0.25) is 9.78 Å². The standard InChI is InChI=1S/C26H27FN4O4/c27-19-20(28)18-21-24(22(19)30-10-6-15(12-30)11-16-5-1-4-9-29-16)35-14-26(7-2-3-8-26)31(21)13-17(23(18)32)25(33)34/h1,4-5,9,13,15H,2-3,6-8,10-12,14,28H2,(H,33,34). The first-order valence-electron chi connectivity index (χ1n) is 12.1. The van der Waals surface area contributed by atoms with E-state index in [0.29, 0.717) is 25.2 Å². The number of hydrogen-bond acceptors (Lipinski definition) is 6. The van der Waals surface area contributed by atoms with Gasteiger partial charge in [0, 0.05) is 31.2 Å². The van der Waals surface area contributed by atoms with Gasteiger partial charge in [0.2, 0.25) is 5.43 Å². The van der Waals surface area contributed by atoms with Crippen LogP contribution in [0.4, 0.5) is 15.8 Å². The molecule has 1 atom stereocenters. The number of pyridine rings is 2. The van der Waals surface area contributed by atoms with Crippen LogP contribution in [0.3, 0.4) is 0 Å². The van der Waals surface area contributed by atoms with Gasteiger partial charge in [-0.15, -0.1) is 0 Å². The molecule has 0 amide bonds. The minimum Gasteiger partial charge on any atom is -0.487 e. The Bertz CT molecular complexity index is 1400. The molecule has 6 rings (SSSR count). The lowest BCUT2D eigenvalue weighted by molar-refractivity contribution is 0.0692. The third-order valence-electron chi connectivity index (χ3n) is 7.94. The molecule has 0 radical (unpaired) electrons. The number of fused-ring (bicyclic) bond motifs is 1. The van der Waals surface area contributed by atoms with Crippen molar-refractivity contribution in [1.29, 1.82) is 0 Å². The number of nitrogen functional groups attached to an aromatic ring is 1. The van der Waals surface area contributed by atoms with E-state index in [0.717, 1.165) is 44.2 Å². The van der Waals surface area contributed by atoms with Gasteiger partial charge >= 0.3 is 5.97 Å². The number of benzene rings is 1. The molecule has 35 heavy (non-hydrogen) atoms.